The third-order valence-electron chi connectivity index (χ3n) is 3.73. The van der Waals surface area contributed by atoms with Gasteiger partial charge in [-0.15, -0.1) is 0 Å². The number of rotatable bonds is 5. The Balaban J connectivity index is 2.74. The van der Waals surface area contributed by atoms with E-state index in [9.17, 15) is 17.6 Å². The standard InChI is InChI=1S/C17H17ClFNO3S/c1-4-11-8-15(20(2)13-7-5-6-12(19)9-13)16(24(3,22)23)10-14(11)17(18)21/h5-10H,4H2,1-3H3. The van der Waals surface area contributed by atoms with Gasteiger partial charge in [0.05, 0.1) is 10.6 Å². The predicted octanol–water partition coefficient (Wildman–Crippen LogP) is 3.94. The van der Waals surface area contributed by atoms with Gasteiger partial charge in [-0.2, -0.15) is 0 Å². The van der Waals surface area contributed by atoms with Crippen molar-refractivity contribution in [3.8, 4) is 0 Å². The maximum absolute atomic E-state index is 13.5. The summed E-state index contributed by atoms with van der Waals surface area (Å²) in [6.07, 6.45) is 1.56. The monoisotopic (exact) mass is 369 g/mol. The number of sulfone groups is 1. The Labute approximate surface area is 145 Å². The third kappa shape index (κ3) is 3.76. The first kappa shape index (κ1) is 18.4. The molecule has 2 rings (SSSR count). The zero-order valence-corrected chi connectivity index (χ0v) is 15.1. The normalized spacial score (nSPS) is 11.4. The molecule has 0 fully saturated rings. The summed E-state index contributed by atoms with van der Waals surface area (Å²) < 4.78 is 37.8. The van der Waals surface area contributed by atoms with Crippen LogP contribution in [-0.2, 0) is 16.3 Å². The molecule has 0 aliphatic rings. The lowest BCUT2D eigenvalue weighted by atomic mass is 10.0. The molecule has 7 heteroatoms. The van der Waals surface area contributed by atoms with Gasteiger partial charge in [0.15, 0.2) is 9.84 Å². The smallest absolute Gasteiger partial charge is 0.252 e. The molecule has 0 unspecified atom stereocenters. The van der Waals surface area contributed by atoms with Gasteiger partial charge in [0, 0.05) is 24.6 Å². The Bertz CT molecular complexity index is 897. The van der Waals surface area contributed by atoms with Gasteiger partial charge in [-0.3, -0.25) is 4.79 Å². The quantitative estimate of drug-likeness (QED) is 0.749. The molecule has 0 aliphatic carbocycles. The van der Waals surface area contributed by atoms with Gasteiger partial charge in [-0.1, -0.05) is 13.0 Å². The fraction of sp³-hybridized carbons (Fsp3) is 0.235. The van der Waals surface area contributed by atoms with Crippen LogP contribution in [0.3, 0.4) is 0 Å². The molecule has 0 spiro atoms. The fourth-order valence-corrected chi connectivity index (χ4v) is 3.55. The van der Waals surface area contributed by atoms with E-state index in [-0.39, 0.29) is 10.5 Å². The molecule has 0 heterocycles. The summed E-state index contributed by atoms with van der Waals surface area (Å²) in [5, 5.41) is -0.711. The first-order chi connectivity index (χ1) is 11.1. The molecule has 0 atom stereocenters. The molecule has 0 saturated carbocycles. The van der Waals surface area contributed by atoms with Crippen LogP contribution in [0.15, 0.2) is 41.3 Å². The van der Waals surface area contributed by atoms with Crippen molar-refractivity contribution in [2.75, 3.05) is 18.2 Å². The lowest BCUT2D eigenvalue weighted by Gasteiger charge is -2.24. The number of carbonyl (C=O) groups is 1. The number of aryl methyl sites for hydroxylation is 1. The van der Waals surface area contributed by atoms with Crippen molar-refractivity contribution < 1.29 is 17.6 Å². The zero-order chi connectivity index (χ0) is 18.1. The molecular weight excluding hydrogens is 353 g/mol. The highest BCUT2D eigenvalue weighted by atomic mass is 35.5. The Hall–Kier alpha value is -1.92. The predicted molar refractivity (Wildman–Crippen MR) is 93.6 cm³/mol. The number of halogens is 2. The molecule has 24 heavy (non-hydrogen) atoms. The van der Waals surface area contributed by atoms with E-state index in [2.05, 4.69) is 0 Å². The number of hydrogen-bond donors (Lipinski definition) is 0. The third-order valence-corrected chi connectivity index (χ3v) is 5.06. The van der Waals surface area contributed by atoms with E-state index >= 15 is 0 Å². The molecule has 2 aromatic rings. The van der Waals surface area contributed by atoms with Gasteiger partial charge in [0.2, 0.25) is 0 Å². The molecule has 0 aliphatic heterocycles. The molecular formula is C17H17ClFNO3S. The van der Waals surface area contributed by atoms with E-state index < -0.39 is 20.9 Å². The van der Waals surface area contributed by atoms with Crippen LogP contribution in [0.1, 0.15) is 22.8 Å². The highest BCUT2D eigenvalue weighted by Gasteiger charge is 2.22. The topological polar surface area (TPSA) is 54.5 Å². The molecule has 0 radical (unpaired) electrons. The van der Waals surface area contributed by atoms with E-state index in [4.69, 9.17) is 11.6 Å². The summed E-state index contributed by atoms with van der Waals surface area (Å²) in [7, 11) is -1.98. The number of nitrogens with zero attached hydrogens (tertiary/aromatic N) is 1. The van der Waals surface area contributed by atoms with Crippen LogP contribution in [0.5, 0.6) is 0 Å². The van der Waals surface area contributed by atoms with Gasteiger partial charge in [-0.05, 0) is 53.9 Å². The van der Waals surface area contributed by atoms with Crippen molar-refractivity contribution in [3.05, 3.63) is 53.3 Å². The molecule has 4 nitrogen and oxygen atoms in total. The van der Waals surface area contributed by atoms with Gasteiger partial charge >= 0.3 is 0 Å². The van der Waals surface area contributed by atoms with Gasteiger partial charge in [0.25, 0.3) is 5.24 Å². The minimum Gasteiger partial charge on any atom is -0.343 e. The van der Waals surface area contributed by atoms with Crippen molar-refractivity contribution in [1.82, 2.24) is 0 Å². The van der Waals surface area contributed by atoms with Gasteiger partial charge in [0.1, 0.15) is 5.82 Å². The van der Waals surface area contributed by atoms with Crippen molar-refractivity contribution in [2.45, 2.75) is 18.2 Å². The van der Waals surface area contributed by atoms with E-state index in [0.29, 0.717) is 23.4 Å². The van der Waals surface area contributed by atoms with Crippen LogP contribution in [0.25, 0.3) is 0 Å². The van der Waals surface area contributed by atoms with Gasteiger partial charge in [-0.25, -0.2) is 12.8 Å². The minimum atomic E-state index is -3.62. The minimum absolute atomic E-state index is 0.0320. The Morgan fingerprint density at radius 3 is 2.42 bits per heavy atom. The SMILES string of the molecule is CCc1cc(N(C)c2cccc(F)c2)c(S(C)(=O)=O)cc1C(=O)Cl. The summed E-state index contributed by atoms with van der Waals surface area (Å²) in [4.78, 5) is 13.1. The van der Waals surface area contributed by atoms with E-state index in [1.165, 1.54) is 18.2 Å². The summed E-state index contributed by atoms with van der Waals surface area (Å²) >= 11 is 5.58. The molecule has 2 aromatic carbocycles. The Kier molecular flexibility index (Phi) is 5.30. The highest BCUT2D eigenvalue weighted by molar-refractivity contribution is 7.90. The summed E-state index contributed by atoms with van der Waals surface area (Å²) in [5.41, 5.74) is 1.64. The number of benzene rings is 2. The second kappa shape index (κ2) is 6.91. The first-order valence-electron chi connectivity index (χ1n) is 7.21. The average molecular weight is 370 g/mol. The van der Waals surface area contributed by atoms with Crippen LogP contribution in [0.2, 0.25) is 0 Å². The van der Waals surface area contributed by atoms with Crippen molar-refractivity contribution in [2.24, 2.45) is 0 Å². The number of anilines is 2. The van der Waals surface area contributed by atoms with Crippen LogP contribution in [0, 0.1) is 5.82 Å². The molecule has 0 bridgehead atoms. The maximum Gasteiger partial charge on any atom is 0.252 e. The zero-order valence-electron chi connectivity index (χ0n) is 13.5. The molecule has 0 N–H and O–H groups in total. The summed E-state index contributed by atoms with van der Waals surface area (Å²) in [6, 6.07) is 8.71. The molecule has 0 amide bonds. The lowest BCUT2D eigenvalue weighted by molar-refractivity contribution is 0.108. The molecule has 128 valence electrons. The maximum atomic E-state index is 13.5. The van der Waals surface area contributed by atoms with Crippen LogP contribution >= 0.6 is 11.6 Å². The van der Waals surface area contributed by atoms with Crippen LogP contribution in [-0.4, -0.2) is 27.0 Å². The van der Waals surface area contributed by atoms with E-state index in [0.717, 1.165) is 6.26 Å². The second-order valence-electron chi connectivity index (χ2n) is 5.42. The Morgan fingerprint density at radius 2 is 1.92 bits per heavy atom. The van der Waals surface area contributed by atoms with E-state index in [1.807, 2.05) is 6.92 Å². The lowest BCUT2D eigenvalue weighted by Crippen LogP contribution is -2.16. The van der Waals surface area contributed by atoms with Crippen molar-refractivity contribution in [3.63, 3.8) is 0 Å². The largest absolute Gasteiger partial charge is 0.343 e. The van der Waals surface area contributed by atoms with Crippen molar-refractivity contribution in [1.29, 1.82) is 0 Å². The van der Waals surface area contributed by atoms with Crippen molar-refractivity contribution >= 4 is 38.1 Å². The molecule has 0 aromatic heterocycles. The molecule has 0 saturated heterocycles. The van der Waals surface area contributed by atoms with Crippen LogP contribution < -0.4 is 4.90 Å². The number of hydrogen-bond acceptors (Lipinski definition) is 4. The fourth-order valence-electron chi connectivity index (χ4n) is 2.47. The number of carbonyl (C=O) groups excluding carboxylic acids is 1. The van der Waals surface area contributed by atoms with E-state index in [1.54, 1.807) is 30.1 Å². The van der Waals surface area contributed by atoms with Crippen LogP contribution in [0.4, 0.5) is 15.8 Å². The van der Waals surface area contributed by atoms with Gasteiger partial charge < -0.3 is 4.90 Å². The Morgan fingerprint density at radius 1 is 1.25 bits per heavy atom. The summed E-state index contributed by atoms with van der Waals surface area (Å²) in [6.45, 7) is 1.84. The summed E-state index contributed by atoms with van der Waals surface area (Å²) in [5.74, 6) is -0.427. The first-order valence-corrected chi connectivity index (χ1v) is 9.48. The highest BCUT2D eigenvalue weighted by Crippen LogP contribution is 2.34. The second-order valence-corrected chi connectivity index (χ2v) is 7.74. The average Bonchev–Trinajstić information content (AvgIpc) is 2.51.